The molecule has 0 saturated carbocycles. The van der Waals surface area contributed by atoms with E-state index in [0.29, 0.717) is 0 Å². The van der Waals surface area contributed by atoms with Crippen molar-refractivity contribution in [2.75, 3.05) is 6.61 Å². The van der Waals surface area contributed by atoms with Crippen molar-refractivity contribution in [3.05, 3.63) is 48.6 Å². The molecule has 1 aromatic rings. The van der Waals surface area contributed by atoms with E-state index in [1.165, 1.54) is 44.9 Å². The van der Waals surface area contributed by atoms with E-state index in [-0.39, 0.29) is 6.61 Å². The van der Waals surface area contributed by atoms with Crippen LogP contribution >= 0.6 is 0 Å². The van der Waals surface area contributed by atoms with Gasteiger partial charge in [0.05, 0.1) is 12.7 Å². The first kappa shape index (κ1) is 20.9. The van der Waals surface area contributed by atoms with Gasteiger partial charge in [0.2, 0.25) is 0 Å². The molecule has 2 heteroatoms. The fraction of sp³-hybridized carbons (Fsp3) is 0.636. The van der Waals surface area contributed by atoms with Crippen molar-refractivity contribution in [3.63, 3.8) is 0 Å². The number of aliphatic hydroxyl groups excluding tert-OH is 2. The predicted molar refractivity (Wildman–Crippen MR) is 103 cm³/mol. The molecule has 0 saturated heterocycles. The Morgan fingerprint density at radius 2 is 1.50 bits per heavy atom. The van der Waals surface area contributed by atoms with Crippen LogP contribution < -0.4 is 0 Å². The Bertz CT molecular complexity index is 429. The second-order valence-corrected chi connectivity index (χ2v) is 6.99. The van der Waals surface area contributed by atoms with Gasteiger partial charge in [-0.05, 0) is 12.0 Å². The summed E-state index contributed by atoms with van der Waals surface area (Å²) in [6, 6.07) is 9.60. The van der Waals surface area contributed by atoms with Crippen LogP contribution in [0.25, 0.3) is 0 Å². The molecular formula is C22H36O2. The van der Waals surface area contributed by atoms with Crippen LogP contribution in [0.4, 0.5) is 0 Å². The Morgan fingerprint density at radius 1 is 0.958 bits per heavy atom. The summed E-state index contributed by atoms with van der Waals surface area (Å²) < 4.78 is 0. The maximum Gasteiger partial charge on any atom is 0.0902 e. The van der Waals surface area contributed by atoms with Gasteiger partial charge < -0.3 is 10.2 Å². The number of hydrogen-bond donors (Lipinski definition) is 2. The molecule has 2 atom stereocenters. The van der Waals surface area contributed by atoms with E-state index < -0.39 is 11.5 Å². The van der Waals surface area contributed by atoms with Gasteiger partial charge in [0.1, 0.15) is 0 Å². The molecule has 0 aromatic heterocycles. The fourth-order valence-electron chi connectivity index (χ4n) is 3.31. The van der Waals surface area contributed by atoms with Gasteiger partial charge in [-0.3, -0.25) is 0 Å². The lowest BCUT2D eigenvalue weighted by molar-refractivity contribution is 0.00706. The molecule has 0 aliphatic carbocycles. The third kappa shape index (κ3) is 6.78. The second kappa shape index (κ2) is 12.3. The van der Waals surface area contributed by atoms with Crippen molar-refractivity contribution >= 4 is 0 Å². The number of rotatable bonds is 14. The van der Waals surface area contributed by atoms with Crippen molar-refractivity contribution < 1.29 is 10.2 Å². The zero-order valence-corrected chi connectivity index (χ0v) is 15.4. The topological polar surface area (TPSA) is 40.5 Å². The van der Waals surface area contributed by atoms with E-state index in [2.05, 4.69) is 13.5 Å². The third-order valence-corrected chi connectivity index (χ3v) is 5.11. The molecule has 0 heterocycles. The average Bonchev–Trinajstić information content (AvgIpc) is 2.64. The third-order valence-electron chi connectivity index (χ3n) is 5.11. The summed E-state index contributed by atoms with van der Waals surface area (Å²) in [4.78, 5) is 0. The monoisotopic (exact) mass is 332 g/mol. The minimum absolute atomic E-state index is 0.0659. The highest BCUT2D eigenvalue weighted by molar-refractivity contribution is 5.22. The van der Waals surface area contributed by atoms with E-state index in [1.807, 2.05) is 30.3 Å². The van der Waals surface area contributed by atoms with Crippen molar-refractivity contribution in [2.24, 2.45) is 5.41 Å². The van der Waals surface area contributed by atoms with Gasteiger partial charge in [0.25, 0.3) is 0 Å². The van der Waals surface area contributed by atoms with Gasteiger partial charge in [-0.25, -0.2) is 0 Å². The van der Waals surface area contributed by atoms with E-state index >= 15 is 0 Å². The average molecular weight is 333 g/mol. The van der Waals surface area contributed by atoms with Crippen molar-refractivity contribution in [1.29, 1.82) is 0 Å². The maximum atomic E-state index is 10.7. The predicted octanol–water partition coefficient (Wildman–Crippen LogP) is 5.81. The van der Waals surface area contributed by atoms with Crippen LogP contribution in [0, 0.1) is 5.41 Å². The van der Waals surface area contributed by atoms with E-state index in [0.717, 1.165) is 24.8 Å². The molecule has 0 spiro atoms. The lowest BCUT2D eigenvalue weighted by Crippen LogP contribution is -2.31. The quantitative estimate of drug-likeness (QED) is 0.333. The van der Waals surface area contributed by atoms with E-state index in [9.17, 15) is 10.2 Å². The van der Waals surface area contributed by atoms with Crippen LogP contribution in [-0.4, -0.2) is 16.8 Å². The number of unbranched alkanes of at least 4 members (excludes halogenated alkanes) is 8. The Balaban J connectivity index is 2.36. The fourth-order valence-corrected chi connectivity index (χ4v) is 3.31. The highest BCUT2D eigenvalue weighted by Gasteiger charge is 2.34. The Morgan fingerprint density at radius 3 is 2.00 bits per heavy atom. The zero-order valence-electron chi connectivity index (χ0n) is 15.4. The summed E-state index contributed by atoms with van der Waals surface area (Å²) in [5, 5.41) is 20.6. The Kier molecular flexibility index (Phi) is 10.7. The largest absolute Gasteiger partial charge is 0.395 e. The Hall–Kier alpha value is -1.12. The summed E-state index contributed by atoms with van der Waals surface area (Å²) in [5.74, 6) is 0. The minimum Gasteiger partial charge on any atom is -0.395 e. The Labute approximate surface area is 148 Å². The first-order valence-electron chi connectivity index (χ1n) is 9.67. The molecule has 1 rings (SSSR count). The first-order valence-corrected chi connectivity index (χ1v) is 9.67. The summed E-state index contributed by atoms with van der Waals surface area (Å²) >= 11 is 0. The molecule has 0 fully saturated rings. The van der Waals surface area contributed by atoms with Crippen molar-refractivity contribution in [2.45, 2.75) is 77.2 Å². The first-order chi connectivity index (χ1) is 11.7. The van der Waals surface area contributed by atoms with Crippen LogP contribution in [-0.2, 0) is 0 Å². The molecule has 0 aliphatic rings. The van der Waals surface area contributed by atoms with Crippen LogP contribution in [0.15, 0.2) is 43.0 Å². The lowest BCUT2D eigenvalue weighted by atomic mass is 9.75. The molecule has 136 valence electrons. The highest BCUT2D eigenvalue weighted by Crippen LogP contribution is 2.39. The number of aliphatic hydroxyl groups is 2. The van der Waals surface area contributed by atoms with Gasteiger partial charge in [-0.1, -0.05) is 101 Å². The van der Waals surface area contributed by atoms with Crippen LogP contribution in [0.3, 0.4) is 0 Å². The lowest BCUT2D eigenvalue weighted by Gasteiger charge is -2.34. The summed E-state index contributed by atoms with van der Waals surface area (Å²) in [5.41, 5.74) is 0.213. The minimum atomic E-state index is -0.699. The number of hydrogen-bond acceptors (Lipinski definition) is 2. The number of benzene rings is 1. The van der Waals surface area contributed by atoms with Crippen LogP contribution in [0.1, 0.15) is 82.8 Å². The second-order valence-electron chi connectivity index (χ2n) is 6.99. The summed E-state index contributed by atoms with van der Waals surface area (Å²) in [6.45, 7) is 6.07. The van der Waals surface area contributed by atoms with E-state index in [1.54, 1.807) is 6.08 Å². The molecule has 1 aromatic carbocycles. The molecule has 2 nitrogen and oxygen atoms in total. The normalized spacial score (nSPS) is 15.0. The summed E-state index contributed by atoms with van der Waals surface area (Å²) in [6.07, 6.45) is 13.2. The van der Waals surface area contributed by atoms with Crippen LogP contribution in [0.5, 0.6) is 0 Å². The maximum absolute atomic E-state index is 10.7. The van der Waals surface area contributed by atoms with Crippen molar-refractivity contribution in [1.82, 2.24) is 0 Å². The van der Waals surface area contributed by atoms with E-state index in [4.69, 9.17) is 0 Å². The molecule has 0 amide bonds. The SMILES string of the molecule is C=C[C@@](CO)(CCCCCCCCCCC)[C@H](O)c1ccccc1. The van der Waals surface area contributed by atoms with Crippen LogP contribution in [0.2, 0.25) is 0 Å². The molecule has 2 N–H and O–H groups in total. The van der Waals surface area contributed by atoms with Gasteiger partial charge >= 0.3 is 0 Å². The molecule has 0 unspecified atom stereocenters. The standard InChI is InChI=1S/C22H36O2/c1-3-5-6-7-8-9-10-11-15-18-22(4-2,19-23)21(24)20-16-13-12-14-17-20/h4,12-14,16-17,21,23-24H,2-3,5-11,15,18-19H2,1H3/t21-,22+/m1/s1. The van der Waals surface area contributed by atoms with Gasteiger partial charge in [-0.15, -0.1) is 6.58 Å². The van der Waals surface area contributed by atoms with Gasteiger partial charge in [0.15, 0.2) is 0 Å². The summed E-state index contributed by atoms with van der Waals surface area (Å²) in [7, 11) is 0. The van der Waals surface area contributed by atoms with Gasteiger partial charge in [0, 0.05) is 5.41 Å². The zero-order chi connectivity index (χ0) is 17.7. The molecule has 0 radical (unpaired) electrons. The molecule has 0 bridgehead atoms. The smallest absolute Gasteiger partial charge is 0.0902 e. The molecule has 24 heavy (non-hydrogen) atoms. The highest BCUT2D eigenvalue weighted by atomic mass is 16.3. The van der Waals surface area contributed by atoms with Gasteiger partial charge in [-0.2, -0.15) is 0 Å². The molecular weight excluding hydrogens is 296 g/mol. The van der Waals surface area contributed by atoms with Crippen molar-refractivity contribution in [3.8, 4) is 0 Å². The molecule has 0 aliphatic heterocycles.